The molecule has 1 heterocycles. The molecule has 1 aliphatic rings. The number of carbonyl (C=O) groups excluding carboxylic acids is 1. The maximum absolute atomic E-state index is 11.8. The lowest BCUT2D eigenvalue weighted by Gasteiger charge is -2.24. The maximum atomic E-state index is 11.8. The lowest BCUT2D eigenvalue weighted by atomic mass is 10.1. The summed E-state index contributed by atoms with van der Waals surface area (Å²) in [6, 6.07) is 0.109. The topological polar surface area (TPSA) is 64.3 Å². The molecule has 16 heavy (non-hydrogen) atoms. The van der Waals surface area contributed by atoms with Gasteiger partial charge in [0.2, 0.25) is 5.91 Å². The Morgan fingerprint density at radius 1 is 1.56 bits per heavy atom. The van der Waals surface area contributed by atoms with E-state index in [1.165, 1.54) is 0 Å². The van der Waals surface area contributed by atoms with Crippen LogP contribution < -0.4 is 11.1 Å². The molecule has 94 valence electrons. The molecule has 0 aromatic carbocycles. The van der Waals surface area contributed by atoms with Gasteiger partial charge in [0.05, 0.1) is 0 Å². The minimum absolute atomic E-state index is 0.0197. The zero-order valence-electron chi connectivity index (χ0n) is 10.2. The van der Waals surface area contributed by atoms with Gasteiger partial charge in [-0.15, -0.1) is 0 Å². The fraction of sp³-hybridized carbons (Fsp3) is 0.917. The molecule has 3 N–H and O–H groups in total. The van der Waals surface area contributed by atoms with Crippen molar-refractivity contribution in [1.82, 2.24) is 5.32 Å². The van der Waals surface area contributed by atoms with Gasteiger partial charge in [-0.05, 0) is 25.7 Å². The number of unbranched alkanes of at least 4 members (excludes halogenated alkanes) is 1. The zero-order valence-corrected chi connectivity index (χ0v) is 10.2. The smallest absolute Gasteiger partial charge is 0.249 e. The first-order valence-corrected chi connectivity index (χ1v) is 6.40. The molecule has 1 amide bonds. The number of hydrogen-bond acceptors (Lipinski definition) is 3. The zero-order chi connectivity index (χ0) is 11.8. The summed E-state index contributed by atoms with van der Waals surface area (Å²) >= 11 is 0. The Hall–Kier alpha value is -0.610. The molecule has 0 spiro atoms. The van der Waals surface area contributed by atoms with E-state index in [0.717, 1.165) is 38.5 Å². The third-order valence-electron chi connectivity index (χ3n) is 3.01. The Balaban J connectivity index is 2.29. The minimum Gasteiger partial charge on any atom is -0.368 e. The van der Waals surface area contributed by atoms with Crippen molar-refractivity contribution in [2.24, 2.45) is 5.73 Å². The van der Waals surface area contributed by atoms with Gasteiger partial charge in [-0.1, -0.05) is 19.8 Å². The lowest BCUT2D eigenvalue weighted by molar-refractivity contribution is -0.136. The van der Waals surface area contributed by atoms with Gasteiger partial charge in [-0.2, -0.15) is 0 Å². The Morgan fingerprint density at radius 2 is 2.38 bits per heavy atom. The monoisotopic (exact) mass is 228 g/mol. The van der Waals surface area contributed by atoms with Crippen LogP contribution in [0.5, 0.6) is 0 Å². The van der Waals surface area contributed by atoms with Crippen LogP contribution in [0.3, 0.4) is 0 Å². The molecule has 1 rings (SSSR count). The quantitative estimate of drug-likeness (QED) is 0.717. The number of hydrogen-bond donors (Lipinski definition) is 2. The third-order valence-corrected chi connectivity index (χ3v) is 3.01. The van der Waals surface area contributed by atoms with Gasteiger partial charge in [0, 0.05) is 19.2 Å². The van der Waals surface area contributed by atoms with Gasteiger partial charge >= 0.3 is 0 Å². The second-order valence-corrected chi connectivity index (χ2v) is 4.44. The molecule has 0 radical (unpaired) electrons. The third kappa shape index (κ3) is 4.49. The second kappa shape index (κ2) is 7.63. The summed E-state index contributed by atoms with van der Waals surface area (Å²) in [6.45, 7) is 3.36. The molecule has 0 saturated carbocycles. The predicted molar refractivity (Wildman–Crippen MR) is 64.1 cm³/mol. The number of ether oxygens (including phenoxy) is 1. The van der Waals surface area contributed by atoms with Crippen molar-refractivity contribution in [3.8, 4) is 0 Å². The maximum Gasteiger partial charge on any atom is 0.249 e. The van der Waals surface area contributed by atoms with Crippen molar-refractivity contribution in [1.29, 1.82) is 0 Å². The Labute approximate surface area is 97.9 Å². The minimum atomic E-state index is -0.246. The van der Waals surface area contributed by atoms with Gasteiger partial charge in [0.25, 0.3) is 0 Å². The van der Waals surface area contributed by atoms with Crippen LogP contribution in [-0.4, -0.2) is 31.2 Å². The van der Waals surface area contributed by atoms with E-state index in [4.69, 9.17) is 10.5 Å². The summed E-state index contributed by atoms with van der Waals surface area (Å²) in [5, 5.41) is 2.98. The van der Waals surface area contributed by atoms with E-state index in [1.54, 1.807) is 0 Å². The van der Waals surface area contributed by atoms with Crippen LogP contribution in [0, 0.1) is 0 Å². The first-order valence-electron chi connectivity index (χ1n) is 6.40. The van der Waals surface area contributed by atoms with Crippen LogP contribution in [0.2, 0.25) is 0 Å². The molecule has 4 heteroatoms. The molecule has 4 nitrogen and oxygen atoms in total. The van der Waals surface area contributed by atoms with E-state index in [1.807, 2.05) is 0 Å². The molecular weight excluding hydrogens is 204 g/mol. The van der Waals surface area contributed by atoms with Crippen molar-refractivity contribution in [3.63, 3.8) is 0 Å². The Bertz CT molecular complexity index is 203. The normalized spacial score (nSPS) is 22.8. The molecule has 0 aromatic rings. The first-order chi connectivity index (χ1) is 7.77. The van der Waals surface area contributed by atoms with E-state index in [2.05, 4.69) is 12.2 Å². The van der Waals surface area contributed by atoms with Gasteiger partial charge in [0.15, 0.2) is 0 Å². The van der Waals surface area contributed by atoms with Crippen LogP contribution >= 0.6 is 0 Å². The highest BCUT2D eigenvalue weighted by atomic mass is 16.5. The summed E-state index contributed by atoms with van der Waals surface area (Å²) in [7, 11) is 0. The molecule has 1 saturated heterocycles. The fourth-order valence-corrected chi connectivity index (χ4v) is 1.94. The fourth-order valence-electron chi connectivity index (χ4n) is 1.94. The van der Waals surface area contributed by atoms with Crippen LogP contribution in [0.15, 0.2) is 0 Å². The van der Waals surface area contributed by atoms with Crippen molar-refractivity contribution in [2.45, 2.75) is 57.6 Å². The highest BCUT2D eigenvalue weighted by Crippen LogP contribution is 2.13. The number of nitrogens with one attached hydrogen (secondary N) is 1. The van der Waals surface area contributed by atoms with Crippen LogP contribution in [0.4, 0.5) is 0 Å². The molecular formula is C12H24N2O2. The molecule has 0 bridgehead atoms. The van der Waals surface area contributed by atoms with Gasteiger partial charge in [-0.25, -0.2) is 0 Å². The summed E-state index contributed by atoms with van der Waals surface area (Å²) in [4.78, 5) is 11.8. The summed E-state index contributed by atoms with van der Waals surface area (Å²) in [6.07, 6.45) is 5.95. The summed E-state index contributed by atoms with van der Waals surface area (Å²) in [5.41, 5.74) is 5.64. The number of carbonyl (C=O) groups is 1. The standard InChI is InChI=1S/C12H24N2O2/c1-2-3-6-10(9-13)14-12(15)11-7-4-5-8-16-11/h10-11H,2-9,13H2,1H3,(H,14,15). The molecule has 1 fully saturated rings. The van der Waals surface area contributed by atoms with E-state index < -0.39 is 0 Å². The molecule has 2 atom stereocenters. The van der Waals surface area contributed by atoms with Crippen molar-refractivity contribution < 1.29 is 9.53 Å². The average molecular weight is 228 g/mol. The van der Waals surface area contributed by atoms with E-state index in [9.17, 15) is 4.79 Å². The Kier molecular flexibility index (Phi) is 6.42. The SMILES string of the molecule is CCCCC(CN)NC(=O)C1CCCCO1. The van der Waals surface area contributed by atoms with E-state index in [-0.39, 0.29) is 18.1 Å². The highest BCUT2D eigenvalue weighted by Gasteiger charge is 2.23. The second-order valence-electron chi connectivity index (χ2n) is 4.44. The van der Waals surface area contributed by atoms with Gasteiger partial charge < -0.3 is 15.8 Å². The van der Waals surface area contributed by atoms with Crippen LogP contribution in [-0.2, 0) is 9.53 Å². The van der Waals surface area contributed by atoms with Crippen LogP contribution in [0.25, 0.3) is 0 Å². The number of rotatable bonds is 6. The van der Waals surface area contributed by atoms with E-state index in [0.29, 0.717) is 13.2 Å². The number of amides is 1. The molecule has 0 aromatic heterocycles. The predicted octanol–water partition coefficient (Wildman–Crippen LogP) is 1.19. The average Bonchev–Trinajstić information content (AvgIpc) is 2.35. The molecule has 1 aliphatic heterocycles. The van der Waals surface area contributed by atoms with Gasteiger partial charge in [0.1, 0.15) is 6.10 Å². The molecule has 2 unspecified atom stereocenters. The molecule has 0 aliphatic carbocycles. The largest absolute Gasteiger partial charge is 0.368 e. The lowest BCUT2D eigenvalue weighted by Crippen LogP contribution is -2.46. The summed E-state index contributed by atoms with van der Waals surface area (Å²) in [5.74, 6) is 0.0197. The Morgan fingerprint density at radius 3 is 2.94 bits per heavy atom. The van der Waals surface area contributed by atoms with Gasteiger partial charge in [-0.3, -0.25) is 4.79 Å². The van der Waals surface area contributed by atoms with Crippen molar-refractivity contribution >= 4 is 5.91 Å². The first kappa shape index (κ1) is 13.5. The highest BCUT2D eigenvalue weighted by molar-refractivity contribution is 5.81. The number of nitrogens with two attached hydrogens (primary N) is 1. The van der Waals surface area contributed by atoms with Crippen molar-refractivity contribution in [2.75, 3.05) is 13.2 Å². The van der Waals surface area contributed by atoms with E-state index >= 15 is 0 Å². The van der Waals surface area contributed by atoms with Crippen LogP contribution in [0.1, 0.15) is 45.4 Å². The van der Waals surface area contributed by atoms with Crippen molar-refractivity contribution in [3.05, 3.63) is 0 Å². The summed E-state index contributed by atoms with van der Waals surface area (Å²) < 4.78 is 5.44.